The van der Waals surface area contributed by atoms with Gasteiger partial charge in [0.05, 0.1) is 11.0 Å². The van der Waals surface area contributed by atoms with Gasteiger partial charge in [-0.2, -0.15) is 0 Å². The summed E-state index contributed by atoms with van der Waals surface area (Å²) in [7, 11) is 0. The fraction of sp³-hybridized carbons (Fsp3) is 0.0909. The van der Waals surface area contributed by atoms with Gasteiger partial charge in [0.1, 0.15) is 5.70 Å². The van der Waals surface area contributed by atoms with E-state index in [9.17, 15) is 4.79 Å². The molecule has 3 rings (SSSR count). The number of rotatable bonds is 1. The highest BCUT2D eigenvalue weighted by atomic mass is 16.4. The zero-order chi connectivity index (χ0) is 11.1. The highest BCUT2D eigenvalue weighted by Gasteiger charge is 2.18. The largest absolute Gasteiger partial charge is 0.477 e. The van der Waals surface area contributed by atoms with Crippen LogP contribution in [0.5, 0.6) is 0 Å². The predicted molar refractivity (Wildman–Crippen MR) is 59.1 cm³/mol. The van der Waals surface area contributed by atoms with Crippen molar-refractivity contribution in [3.05, 3.63) is 36.0 Å². The second-order valence-electron chi connectivity index (χ2n) is 3.58. The van der Waals surface area contributed by atoms with E-state index in [0.717, 1.165) is 11.0 Å². The monoisotopic (exact) mass is 215 g/mol. The summed E-state index contributed by atoms with van der Waals surface area (Å²) in [5.41, 5.74) is 2.05. The Morgan fingerprint density at radius 3 is 3.06 bits per heavy atom. The van der Waals surface area contributed by atoms with E-state index in [1.54, 1.807) is 6.08 Å². The molecular formula is C11H9N3O2. The summed E-state index contributed by atoms with van der Waals surface area (Å²) in [4.78, 5) is 15.1. The molecule has 1 aliphatic rings. The predicted octanol–water partition coefficient (Wildman–Crippen LogP) is 1.43. The van der Waals surface area contributed by atoms with Crippen LogP contribution in [-0.2, 0) is 11.3 Å². The van der Waals surface area contributed by atoms with E-state index in [2.05, 4.69) is 10.3 Å². The van der Waals surface area contributed by atoms with Crippen molar-refractivity contribution in [3.8, 4) is 0 Å². The standard InChI is InChI=1S/C11H9N3O2/c15-10(16)8-5-6-14-9-4-2-1-3-7(9)12-11(14)13-8/h1-5H,6H2,(H,12,13)(H,15,16). The van der Waals surface area contributed by atoms with E-state index >= 15 is 0 Å². The Balaban J connectivity index is 2.13. The minimum absolute atomic E-state index is 0.183. The number of aromatic nitrogens is 2. The average Bonchev–Trinajstić information content (AvgIpc) is 2.66. The van der Waals surface area contributed by atoms with Crippen molar-refractivity contribution in [2.45, 2.75) is 6.54 Å². The molecule has 0 radical (unpaired) electrons. The number of anilines is 1. The number of carboxylic acid groups (broad SMARTS) is 1. The number of aliphatic carboxylic acids is 1. The molecule has 0 fully saturated rings. The maximum absolute atomic E-state index is 10.8. The molecule has 0 saturated carbocycles. The zero-order valence-corrected chi connectivity index (χ0v) is 8.34. The number of nitrogens with zero attached hydrogens (tertiary/aromatic N) is 2. The van der Waals surface area contributed by atoms with Crippen LogP contribution in [0.25, 0.3) is 11.0 Å². The molecule has 0 amide bonds. The van der Waals surface area contributed by atoms with Crippen molar-refractivity contribution < 1.29 is 9.90 Å². The molecule has 1 aliphatic heterocycles. The molecule has 2 heterocycles. The normalized spacial score (nSPS) is 14.1. The van der Waals surface area contributed by atoms with Gasteiger partial charge in [0.2, 0.25) is 5.95 Å². The highest BCUT2D eigenvalue weighted by Crippen LogP contribution is 2.23. The van der Waals surface area contributed by atoms with Gasteiger partial charge in [-0.1, -0.05) is 12.1 Å². The fourth-order valence-electron chi connectivity index (χ4n) is 1.85. The molecule has 80 valence electrons. The molecule has 0 aliphatic carbocycles. The Kier molecular flexibility index (Phi) is 1.73. The van der Waals surface area contributed by atoms with Crippen LogP contribution in [0.3, 0.4) is 0 Å². The van der Waals surface area contributed by atoms with E-state index in [0.29, 0.717) is 12.5 Å². The third kappa shape index (κ3) is 1.18. The van der Waals surface area contributed by atoms with E-state index in [1.807, 2.05) is 28.8 Å². The first-order valence-electron chi connectivity index (χ1n) is 4.91. The lowest BCUT2D eigenvalue weighted by atomic mass is 10.3. The number of nitrogens with one attached hydrogen (secondary N) is 1. The quantitative estimate of drug-likeness (QED) is 0.755. The highest BCUT2D eigenvalue weighted by molar-refractivity contribution is 5.91. The van der Waals surface area contributed by atoms with E-state index < -0.39 is 5.97 Å². The second-order valence-corrected chi connectivity index (χ2v) is 3.58. The van der Waals surface area contributed by atoms with Crippen molar-refractivity contribution in [1.29, 1.82) is 0 Å². The molecule has 0 atom stereocenters. The number of fused-ring (bicyclic) bond motifs is 3. The van der Waals surface area contributed by atoms with Crippen molar-refractivity contribution in [2.75, 3.05) is 5.32 Å². The Hall–Kier alpha value is -2.30. The summed E-state index contributed by atoms with van der Waals surface area (Å²) in [6.07, 6.45) is 1.64. The van der Waals surface area contributed by atoms with Gasteiger partial charge in [-0.25, -0.2) is 9.78 Å². The SMILES string of the molecule is O=C(O)C1=CCn2c(nc3ccccc32)N1. The number of hydrogen-bond acceptors (Lipinski definition) is 3. The first-order chi connectivity index (χ1) is 7.75. The maximum atomic E-state index is 10.8. The number of carbonyl (C=O) groups is 1. The first-order valence-corrected chi connectivity index (χ1v) is 4.91. The molecule has 0 saturated heterocycles. The average molecular weight is 215 g/mol. The van der Waals surface area contributed by atoms with Crippen LogP contribution in [0.4, 0.5) is 5.95 Å². The molecule has 1 aromatic carbocycles. The van der Waals surface area contributed by atoms with Gasteiger partial charge < -0.3 is 15.0 Å². The second kappa shape index (κ2) is 3.10. The van der Waals surface area contributed by atoms with Gasteiger partial charge >= 0.3 is 5.97 Å². The fourth-order valence-corrected chi connectivity index (χ4v) is 1.85. The lowest BCUT2D eigenvalue weighted by Gasteiger charge is -2.14. The lowest BCUT2D eigenvalue weighted by molar-refractivity contribution is -0.132. The minimum Gasteiger partial charge on any atom is -0.477 e. The van der Waals surface area contributed by atoms with Crippen molar-refractivity contribution in [3.63, 3.8) is 0 Å². The molecular weight excluding hydrogens is 206 g/mol. The third-order valence-electron chi connectivity index (χ3n) is 2.61. The van der Waals surface area contributed by atoms with Gasteiger partial charge in [0.25, 0.3) is 0 Å². The molecule has 1 aromatic heterocycles. The van der Waals surface area contributed by atoms with Gasteiger partial charge in [-0.05, 0) is 18.2 Å². The van der Waals surface area contributed by atoms with Crippen LogP contribution in [-0.4, -0.2) is 20.6 Å². The first kappa shape index (κ1) is 8.96. The van der Waals surface area contributed by atoms with Crippen LogP contribution in [0, 0.1) is 0 Å². The molecule has 5 heteroatoms. The lowest BCUT2D eigenvalue weighted by Crippen LogP contribution is -2.18. The summed E-state index contributed by atoms with van der Waals surface area (Å²) in [6, 6.07) is 7.72. The summed E-state index contributed by atoms with van der Waals surface area (Å²) in [6.45, 7) is 0.532. The number of imidazole rings is 1. The smallest absolute Gasteiger partial charge is 0.352 e. The van der Waals surface area contributed by atoms with Crippen LogP contribution in [0.15, 0.2) is 36.0 Å². The minimum atomic E-state index is -0.960. The molecule has 0 bridgehead atoms. The number of allylic oxidation sites excluding steroid dienone is 1. The third-order valence-corrected chi connectivity index (χ3v) is 2.61. The molecule has 0 unspecified atom stereocenters. The number of para-hydroxylation sites is 2. The van der Waals surface area contributed by atoms with Gasteiger partial charge in [0, 0.05) is 6.54 Å². The molecule has 16 heavy (non-hydrogen) atoms. The van der Waals surface area contributed by atoms with Gasteiger partial charge in [-0.15, -0.1) is 0 Å². The molecule has 0 spiro atoms. The van der Waals surface area contributed by atoms with Crippen molar-refractivity contribution in [1.82, 2.24) is 9.55 Å². The number of carboxylic acids is 1. The van der Waals surface area contributed by atoms with Gasteiger partial charge in [0.15, 0.2) is 0 Å². The maximum Gasteiger partial charge on any atom is 0.352 e. The molecule has 2 N–H and O–H groups in total. The number of benzene rings is 1. The van der Waals surface area contributed by atoms with Crippen molar-refractivity contribution in [2.24, 2.45) is 0 Å². The van der Waals surface area contributed by atoms with Crippen LogP contribution < -0.4 is 5.32 Å². The van der Waals surface area contributed by atoms with E-state index in [4.69, 9.17) is 5.11 Å². The van der Waals surface area contributed by atoms with Crippen molar-refractivity contribution >= 4 is 23.0 Å². The van der Waals surface area contributed by atoms with E-state index in [1.165, 1.54) is 0 Å². The Morgan fingerprint density at radius 2 is 2.25 bits per heavy atom. The summed E-state index contributed by atoms with van der Waals surface area (Å²) in [5.74, 6) is -0.376. The van der Waals surface area contributed by atoms with E-state index in [-0.39, 0.29) is 5.70 Å². The van der Waals surface area contributed by atoms with Crippen LogP contribution >= 0.6 is 0 Å². The zero-order valence-electron chi connectivity index (χ0n) is 8.34. The molecule has 5 nitrogen and oxygen atoms in total. The Labute approximate surface area is 91.0 Å². The topological polar surface area (TPSA) is 67.1 Å². The van der Waals surface area contributed by atoms with Crippen LogP contribution in [0.1, 0.15) is 0 Å². The van der Waals surface area contributed by atoms with Crippen LogP contribution in [0.2, 0.25) is 0 Å². The molecule has 2 aromatic rings. The Bertz CT molecular complexity index is 613. The number of hydrogen-bond donors (Lipinski definition) is 2. The summed E-state index contributed by atoms with van der Waals surface area (Å²) < 4.78 is 1.95. The summed E-state index contributed by atoms with van der Waals surface area (Å²) >= 11 is 0. The summed E-state index contributed by atoms with van der Waals surface area (Å²) in [5, 5.41) is 11.7. The Morgan fingerprint density at radius 1 is 1.44 bits per heavy atom. The van der Waals surface area contributed by atoms with Gasteiger partial charge in [-0.3, -0.25) is 0 Å².